The van der Waals surface area contributed by atoms with Crippen LogP contribution in [0.15, 0.2) is 36.5 Å². The number of hydrogen-bond acceptors (Lipinski definition) is 4. The molecule has 0 saturated heterocycles. The summed E-state index contributed by atoms with van der Waals surface area (Å²) in [6.07, 6.45) is 1.53. The Labute approximate surface area is 121 Å². The third-order valence-corrected chi connectivity index (χ3v) is 3.41. The molecule has 1 aromatic carbocycles. The molecule has 0 N–H and O–H groups in total. The molecule has 0 saturated carbocycles. The van der Waals surface area contributed by atoms with Crippen LogP contribution in [0.25, 0.3) is 11.0 Å². The number of hydrogen-bond donors (Lipinski definition) is 0. The fourth-order valence-corrected chi connectivity index (χ4v) is 2.32. The van der Waals surface area contributed by atoms with Gasteiger partial charge < -0.3 is 9.90 Å². The first-order valence-corrected chi connectivity index (χ1v) is 6.64. The molecule has 0 aliphatic rings. The molecule has 0 bridgehead atoms. The fourth-order valence-electron chi connectivity index (χ4n) is 2.32. The van der Waals surface area contributed by atoms with E-state index in [0.29, 0.717) is 23.3 Å². The van der Waals surface area contributed by atoms with Gasteiger partial charge in [-0.2, -0.15) is 5.10 Å². The second kappa shape index (κ2) is 5.01. The molecular weight excluding hydrogens is 266 g/mol. The predicted molar refractivity (Wildman–Crippen MR) is 76.9 cm³/mol. The molecule has 0 aliphatic heterocycles. The number of carbonyl (C=O) groups excluding carboxylic acids is 1. The summed E-state index contributed by atoms with van der Waals surface area (Å²) in [4.78, 5) is 15.6. The Morgan fingerprint density at radius 2 is 1.95 bits per heavy atom. The van der Waals surface area contributed by atoms with Gasteiger partial charge in [-0.1, -0.05) is 29.8 Å². The van der Waals surface area contributed by atoms with Gasteiger partial charge in [-0.25, -0.2) is 9.67 Å². The van der Waals surface area contributed by atoms with Crippen molar-refractivity contribution in [3.05, 3.63) is 58.9 Å². The molecule has 0 amide bonds. The first-order valence-electron chi connectivity index (χ1n) is 6.64. The van der Waals surface area contributed by atoms with Gasteiger partial charge in [0, 0.05) is 16.6 Å². The number of benzene rings is 1. The molecule has 2 heterocycles. The summed E-state index contributed by atoms with van der Waals surface area (Å²) < 4.78 is 1.71. The number of fused-ring (bicyclic) bond motifs is 1. The molecule has 3 rings (SSSR count). The van der Waals surface area contributed by atoms with Crippen LogP contribution in [0.2, 0.25) is 0 Å². The number of carboxylic acids is 1. The molecule has 3 aromatic rings. The highest BCUT2D eigenvalue weighted by Crippen LogP contribution is 2.18. The Morgan fingerprint density at radius 1 is 1.24 bits per heavy atom. The van der Waals surface area contributed by atoms with Gasteiger partial charge in [0.25, 0.3) is 0 Å². The molecule has 5 heteroatoms. The van der Waals surface area contributed by atoms with Crippen molar-refractivity contribution >= 4 is 17.0 Å². The number of carboxylic acid groups (broad SMARTS) is 1. The summed E-state index contributed by atoms with van der Waals surface area (Å²) in [6.45, 7) is 4.34. The van der Waals surface area contributed by atoms with Crippen molar-refractivity contribution in [2.45, 2.75) is 20.4 Å². The minimum absolute atomic E-state index is 0.132. The smallest absolute Gasteiger partial charge is 0.158 e. The van der Waals surface area contributed by atoms with Crippen molar-refractivity contribution in [2.75, 3.05) is 0 Å². The lowest BCUT2D eigenvalue weighted by atomic mass is 10.1. The lowest BCUT2D eigenvalue weighted by Gasteiger charge is -2.07. The molecular formula is C16H14N3O2-. The zero-order chi connectivity index (χ0) is 15.0. The molecule has 0 atom stereocenters. The highest BCUT2D eigenvalue weighted by atomic mass is 16.4. The summed E-state index contributed by atoms with van der Waals surface area (Å²) in [5.74, 6) is -1.21. The number of carbonyl (C=O) groups is 1. The molecule has 21 heavy (non-hydrogen) atoms. The Balaban J connectivity index is 2.07. The van der Waals surface area contributed by atoms with Crippen LogP contribution in [-0.2, 0) is 6.54 Å². The van der Waals surface area contributed by atoms with Gasteiger partial charge in [-0.05, 0) is 25.5 Å². The molecule has 0 spiro atoms. The Bertz CT molecular complexity index is 819. The van der Waals surface area contributed by atoms with Gasteiger partial charge in [-0.15, -0.1) is 0 Å². The summed E-state index contributed by atoms with van der Waals surface area (Å²) in [5.41, 5.74) is 3.61. The Hall–Kier alpha value is -2.69. The van der Waals surface area contributed by atoms with Crippen molar-refractivity contribution < 1.29 is 9.90 Å². The van der Waals surface area contributed by atoms with Gasteiger partial charge in [0.2, 0.25) is 0 Å². The summed E-state index contributed by atoms with van der Waals surface area (Å²) in [5, 5.41) is 16.0. The quantitative estimate of drug-likeness (QED) is 0.728. The minimum atomic E-state index is -1.21. The first-order chi connectivity index (χ1) is 10.0. The lowest BCUT2D eigenvalue weighted by molar-refractivity contribution is -0.254. The predicted octanol–water partition coefficient (Wildman–Crippen LogP) is 1.46. The highest BCUT2D eigenvalue weighted by molar-refractivity contribution is 6.00. The van der Waals surface area contributed by atoms with Crippen molar-refractivity contribution in [1.29, 1.82) is 0 Å². The average molecular weight is 280 g/mol. The maximum absolute atomic E-state index is 11.2. The molecule has 2 aromatic heterocycles. The van der Waals surface area contributed by atoms with E-state index >= 15 is 0 Å². The zero-order valence-electron chi connectivity index (χ0n) is 11.8. The van der Waals surface area contributed by atoms with Crippen LogP contribution in [-0.4, -0.2) is 20.7 Å². The van der Waals surface area contributed by atoms with E-state index in [1.165, 1.54) is 17.8 Å². The van der Waals surface area contributed by atoms with Crippen LogP contribution in [0.5, 0.6) is 0 Å². The van der Waals surface area contributed by atoms with E-state index in [4.69, 9.17) is 0 Å². The molecule has 106 valence electrons. The van der Waals surface area contributed by atoms with E-state index < -0.39 is 5.97 Å². The zero-order valence-corrected chi connectivity index (χ0v) is 11.8. The summed E-state index contributed by atoms with van der Waals surface area (Å²) in [7, 11) is 0. The molecule has 0 aliphatic carbocycles. The molecule has 0 radical (unpaired) electrons. The van der Waals surface area contributed by atoms with Crippen LogP contribution in [0.4, 0.5) is 0 Å². The van der Waals surface area contributed by atoms with E-state index in [-0.39, 0.29) is 5.56 Å². The van der Waals surface area contributed by atoms with Crippen LogP contribution >= 0.6 is 0 Å². The first kappa shape index (κ1) is 13.3. The maximum atomic E-state index is 11.2. The second-order valence-corrected chi connectivity index (χ2v) is 5.12. The van der Waals surface area contributed by atoms with E-state index in [1.54, 1.807) is 11.6 Å². The largest absolute Gasteiger partial charge is 0.545 e. The standard InChI is InChI=1S/C16H15N3O2/c1-10-3-5-12(6-4-10)9-19-15-14(8-17-19)13(16(20)21)7-11(2)18-15/h3-8H,9H2,1-2H3,(H,20,21)/p-1. The Morgan fingerprint density at radius 3 is 2.62 bits per heavy atom. The van der Waals surface area contributed by atoms with Gasteiger partial charge in [-0.3, -0.25) is 0 Å². The van der Waals surface area contributed by atoms with Gasteiger partial charge >= 0.3 is 0 Å². The van der Waals surface area contributed by atoms with Gasteiger partial charge in [0.15, 0.2) is 5.65 Å². The van der Waals surface area contributed by atoms with Crippen molar-refractivity contribution in [1.82, 2.24) is 14.8 Å². The number of rotatable bonds is 3. The Kier molecular flexibility index (Phi) is 3.17. The van der Waals surface area contributed by atoms with Crippen LogP contribution in [0, 0.1) is 13.8 Å². The van der Waals surface area contributed by atoms with E-state index in [1.807, 2.05) is 31.2 Å². The van der Waals surface area contributed by atoms with Gasteiger partial charge in [0.1, 0.15) is 0 Å². The fraction of sp³-hybridized carbons (Fsp3) is 0.188. The van der Waals surface area contributed by atoms with Crippen molar-refractivity contribution in [2.24, 2.45) is 0 Å². The number of nitrogens with zero attached hydrogens (tertiary/aromatic N) is 3. The minimum Gasteiger partial charge on any atom is -0.545 e. The molecule has 5 nitrogen and oxygen atoms in total. The molecule has 0 fully saturated rings. The van der Waals surface area contributed by atoms with Crippen LogP contribution < -0.4 is 5.11 Å². The van der Waals surface area contributed by atoms with E-state index in [0.717, 1.165) is 5.56 Å². The summed E-state index contributed by atoms with van der Waals surface area (Å²) >= 11 is 0. The summed E-state index contributed by atoms with van der Waals surface area (Å²) in [6, 6.07) is 9.63. The lowest BCUT2D eigenvalue weighted by Crippen LogP contribution is -2.22. The normalized spacial score (nSPS) is 11.0. The molecule has 0 unspecified atom stereocenters. The number of aromatic carboxylic acids is 1. The van der Waals surface area contributed by atoms with Crippen LogP contribution in [0.1, 0.15) is 27.2 Å². The monoisotopic (exact) mass is 280 g/mol. The van der Waals surface area contributed by atoms with Gasteiger partial charge in [0.05, 0.1) is 18.7 Å². The SMILES string of the molecule is Cc1ccc(Cn2ncc3c(C(=O)[O-])cc(C)nc32)cc1. The van der Waals surface area contributed by atoms with Crippen molar-refractivity contribution in [3.8, 4) is 0 Å². The van der Waals surface area contributed by atoms with E-state index in [2.05, 4.69) is 10.1 Å². The number of aromatic nitrogens is 3. The number of aryl methyl sites for hydroxylation is 2. The third-order valence-electron chi connectivity index (χ3n) is 3.41. The van der Waals surface area contributed by atoms with Crippen molar-refractivity contribution in [3.63, 3.8) is 0 Å². The average Bonchev–Trinajstić information content (AvgIpc) is 2.83. The topological polar surface area (TPSA) is 70.8 Å². The van der Waals surface area contributed by atoms with Crippen LogP contribution in [0.3, 0.4) is 0 Å². The maximum Gasteiger partial charge on any atom is 0.158 e. The highest BCUT2D eigenvalue weighted by Gasteiger charge is 2.11. The third kappa shape index (κ3) is 2.50. The second-order valence-electron chi connectivity index (χ2n) is 5.12. The van der Waals surface area contributed by atoms with E-state index in [9.17, 15) is 9.90 Å². The number of pyridine rings is 1.